The van der Waals surface area contributed by atoms with Crippen molar-refractivity contribution in [3.63, 3.8) is 0 Å². The fourth-order valence-corrected chi connectivity index (χ4v) is 3.08. The maximum Gasteiger partial charge on any atom is 0.287 e. The molecular formula is C15H15NO4S. The molecule has 1 aromatic heterocycles. The molecule has 5 nitrogen and oxygen atoms in total. The quantitative estimate of drug-likeness (QED) is 0.728. The van der Waals surface area contributed by atoms with Gasteiger partial charge in [-0.05, 0) is 23.3 Å². The molecule has 3 aromatic rings. The van der Waals surface area contributed by atoms with Gasteiger partial charge in [-0.15, -0.1) is 0 Å². The van der Waals surface area contributed by atoms with Crippen LogP contribution in [-0.4, -0.2) is 14.2 Å². The highest BCUT2D eigenvalue weighted by Crippen LogP contribution is 2.33. The SMILES string of the molecule is CCCS(=O)(=O)ONc1coc2ccc3ccccc3c12. The summed E-state index contributed by atoms with van der Waals surface area (Å²) in [6.45, 7) is 1.78. The topological polar surface area (TPSA) is 68.5 Å². The molecule has 6 heteroatoms. The molecule has 0 radical (unpaired) electrons. The Morgan fingerprint density at radius 2 is 2.00 bits per heavy atom. The first kappa shape index (κ1) is 13.9. The summed E-state index contributed by atoms with van der Waals surface area (Å²) in [6, 6.07) is 11.6. The average Bonchev–Trinajstić information content (AvgIpc) is 2.89. The van der Waals surface area contributed by atoms with E-state index in [-0.39, 0.29) is 5.75 Å². The molecule has 0 saturated heterocycles. The molecule has 0 fully saturated rings. The standard InChI is InChI=1S/C15H15NO4S/c1-2-9-21(17,18)20-16-13-10-19-14-8-7-11-5-3-4-6-12(11)15(13)14/h3-8,10,16H,2,9H2,1H3. The Bertz CT molecular complexity index is 883. The van der Waals surface area contributed by atoms with Crippen molar-refractivity contribution < 1.29 is 17.1 Å². The zero-order valence-corrected chi connectivity index (χ0v) is 12.3. The second-order valence-electron chi connectivity index (χ2n) is 4.76. The predicted octanol–water partition coefficient (Wildman–Crippen LogP) is 3.67. The number of furan rings is 1. The van der Waals surface area contributed by atoms with Crippen LogP contribution in [0.25, 0.3) is 21.7 Å². The summed E-state index contributed by atoms with van der Waals surface area (Å²) < 4.78 is 33.5. The Labute approximate surface area is 122 Å². The van der Waals surface area contributed by atoms with Crippen LogP contribution in [0, 0.1) is 0 Å². The van der Waals surface area contributed by atoms with E-state index in [4.69, 9.17) is 8.70 Å². The molecule has 0 atom stereocenters. The Balaban J connectivity index is 2.02. The number of rotatable bonds is 5. The zero-order valence-electron chi connectivity index (χ0n) is 11.5. The largest absolute Gasteiger partial charge is 0.462 e. The number of hydrogen-bond donors (Lipinski definition) is 1. The van der Waals surface area contributed by atoms with Gasteiger partial charge >= 0.3 is 0 Å². The van der Waals surface area contributed by atoms with Gasteiger partial charge in [0, 0.05) is 0 Å². The fourth-order valence-electron chi connectivity index (χ4n) is 2.28. The fraction of sp³-hybridized carbons (Fsp3) is 0.200. The van der Waals surface area contributed by atoms with Gasteiger partial charge in [0.2, 0.25) is 0 Å². The summed E-state index contributed by atoms with van der Waals surface area (Å²) in [4.78, 5) is 0. The van der Waals surface area contributed by atoms with Gasteiger partial charge in [0.1, 0.15) is 17.5 Å². The van der Waals surface area contributed by atoms with Crippen LogP contribution in [0.5, 0.6) is 0 Å². The van der Waals surface area contributed by atoms with Gasteiger partial charge in [0.15, 0.2) is 0 Å². The number of hydrogen-bond acceptors (Lipinski definition) is 5. The molecule has 0 saturated carbocycles. The molecule has 0 unspecified atom stereocenters. The first-order valence-electron chi connectivity index (χ1n) is 6.67. The van der Waals surface area contributed by atoms with E-state index in [2.05, 4.69) is 5.48 Å². The lowest BCUT2D eigenvalue weighted by molar-refractivity contribution is 0.390. The number of anilines is 1. The van der Waals surface area contributed by atoms with Crippen LogP contribution in [0.3, 0.4) is 0 Å². The maximum absolute atomic E-state index is 11.6. The lowest BCUT2D eigenvalue weighted by Crippen LogP contribution is -2.14. The van der Waals surface area contributed by atoms with Crippen molar-refractivity contribution in [3.05, 3.63) is 42.7 Å². The van der Waals surface area contributed by atoms with Crippen molar-refractivity contribution in [3.8, 4) is 0 Å². The molecule has 110 valence electrons. The first-order chi connectivity index (χ1) is 10.1. The van der Waals surface area contributed by atoms with E-state index in [9.17, 15) is 8.42 Å². The van der Waals surface area contributed by atoms with E-state index in [0.29, 0.717) is 17.7 Å². The normalized spacial score (nSPS) is 12.0. The van der Waals surface area contributed by atoms with Gasteiger partial charge in [-0.25, -0.2) is 5.48 Å². The Morgan fingerprint density at radius 1 is 1.19 bits per heavy atom. The minimum atomic E-state index is -3.58. The van der Waals surface area contributed by atoms with Crippen molar-refractivity contribution in [2.24, 2.45) is 0 Å². The number of benzene rings is 2. The van der Waals surface area contributed by atoms with Crippen LogP contribution < -0.4 is 5.48 Å². The lowest BCUT2D eigenvalue weighted by atomic mass is 10.1. The summed E-state index contributed by atoms with van der Waals surface area (Å²) in [5.41, 5.74) is 3.68. The van der Waals surface area contributed by atoms with Gasteiger partial charge in [0.25, 0.3) is 10.1 Å². The van der Waals surface area contributed by atoms with Crippen LogP contribution in [0.4, 0.5) is 5.69 Å². The van der Waals surface area contributed by atoms with E-state index in [1.165, 1.54) is 6.26 Å². The average molecular weight is 305 g/mol. The summed E-state index contributed by atoms with van der Waals surface area (Å²) in [5.74, 6) is -0.0312. The summed E-state index contributed by atoms with van der Waals surface area (Å²) in [7, 11) is -3.58. The molecule has 0 amide bonds. The molecule has 0 bridgehead atoms. The minimum Gasteiger partial charge on any atom is -0.462 e. The van der Waals surface area contributed by atoms with E-state index in [1.54, 1.807) is 6.92 Å². The third-order valence-corrected chi connectivity index (χ3v) is 4.44. The van der Waals surface area contributed by atoms with Crippen LogP contribution in [0.15, 0.2) is 47.1 Å². The molecule has 1 N–H and O–H groups in total. The molecule has 0 aliphatic carbocycles. The van der Waals surface area contributed by atoms with E-state index >= 15 is 0 Å². The predicted molar refractivity (Wildman–Crippen MR) is 82.5 cm³/mol. The second kappa shape index (κ2) is 5.38. The van der Waals surface area contributed by atoms with Crippen molar-refractivity contribution >= 4 is 37.5 Å². The van der Waals surface area contributed by atoms with Crippen LogP contribution in [-0.2, 0) is 14.4 Å². The lowest BCUT2D eigenvalue weighted by Gasteiger charge is -2.06. The molecule has 21 heavy (non-hydrogen) atoms. The molecule has 2 aromatic carbocycles. The summed E-state index contributed by atoms with van der Waals surface area (Å²) in [5, 5.41) is 2.83. The van der Waals surface area contributed by atoms with Gasteiger partial charge in [-0.3, -0.25) is 0 Å². The van der Waals surface area contributed by atoms with Crippen LogP contribution in [0.2, 0.25) is 0 Å². The molecule has 1 heterocycles. The molecular weight excluding hydrogens is 290 g/mol. The van der Waals surface area contributed by atoms with Crippen molar-refractivity contribution in [2.75, 3.05) is 11.2 Å². The smallest absolute Gasteiger partial charge is 0.287 e. The van der Waals surface area contributed by atoms with E-state index < -0.39 is 10.1 Å². The highest BCUT2D eigenvalue weighted by molar-refractivity contribution is 7.86. The second-order valence-corrected chi connectivity index (χ2v) is 6.45. The molecule has 3 rings (SSSR count). The third kappa shape index (κ3) is 2.72. The van der Waals surface area contributed by atoms with Gasteiger partial charge in [-0.1, -0.05) is 37.3 Å². The van der Waals surface area contributed by atoms with Gasteiger partial charge in [-0.2, -0.15) is 12.7 Å². The third-order valence-electron chi connectivity index (χ3n) is 3.20. The molecule has 0 aliphatic rings. The maximum atomic E-state index is 11.6. The summed E-state index contributed by atoms with van der Waals surface area (Å²) >= 11 is 0. The monoisotopic (exact) mass is 305 g/mol. The van der Waals surface area contributed by atoms with Gasteiger partial charge < -0.3 is 4.42 Å². The highest BCUT2D eigenvalue weighted by Gasteiger charge is 2.14. The Hall–Kier alpha value is -2.05. The first-order valence-corrected chi connectivity index (χ1v) is 8.24. The van der Waals surface area contributed by atoms with Crippen molar-refractivity contribution in [1.82, 2.24) is 0 Å². The Morgan fingerprint density at radius 3 is 2.81 bits per heavy atom. The van der Waals surface area contributed by atoms with Gasteiger partial charge in [0.05, 0.1) is 11.1 Å². The highest BCUT2D eigenvalue weighted by atomic mass is 32.2. The molecule has 0 aliphatic heterocycles. The minimum absolute atomic E-state index is 0.0312. The van der Waals surface area contributed by atoms with Crippen molar-refractivity contribution in [1.29, 1.82) is 0 Å². The number of nitrogens with one attached hydrogen (secondary N) is 1. The van der Waals surface area contributed by atoms with Crippen LogP contribution >= 0.6 is 0 Å². The van der Waals surface area contributed by atoms with Crippen molar-refractivity contribution in [2.45, 2.75) is 13.3 Å². The van der Waals surface area contributed by atoms with E-state index in [0.717, 1.165) is 16.2 Å². The van der Waals surface area contributed by atoms with E-state index in [1.807, 2.05) is 36.4 Å². The number of fused-ring (bicyclic) bond motifs is 3. The summed E-state index contributed by atoms with van der Waals surface area (Å²) in [6.07, 6.45) is 1.96. The Kier molecular flexibility index (Phi) is 3.57. The zero-order chi connectivity index (χ0) is 14.9. The van der Waals surface area contributed by atoms with Crippen LogP contribution in [0.1, 0.15) is 13.3 Å². The molecule has 0 spiro atoms.